The Morgan fingerprint density at radius 1 is 0.914 bits per heavy atom. The molecule has 8 nitrogen and oxygen atoms in total. The molecule has 0 bridgehead atoms. The van der Waals surface area contributed by atoms with Crippen molar-refractivity contribution < 1.29 is 33.8 Å². The number of hydrogen-bond acceptors (Lipinski definition) is 6. The van der Waals surface area contributed by atoms with E-state index in [0.29, 0.717) is 31.2 Å². The minimum absolute atomic E-state index is 0.000634. The van der Waals surface area contributed by atoms with Crippen molar-refractivity contribution in [3.63, 3.8) is 0 Å². The van der Waals surface area contributed by atoms with Crippen LogP contribution in [0.5, 0.6) is 0 Å². The maximum absolute atomic E-state index is 14.6. The molecule has 0 aromatic heterocycles. The lowest BCUT2D eigenvalue weighted by molar-refractivity contribution is -0.233. The Morgan fingerprint density at radius 2 is 1.60 bits per heavy atom. The van der Waals surface area contributed by atoms with Crippen LogP contribution in [-0.2, 0) is 28.7 Å². The summed E-state index contributed by atoms with van der Waals surface area (Å²) in [5.74, 6) is 0.811. The number of allylic oxidation sites excluding steroid dienone is 7. The lowest BCUT2D eigenvalue weighted by Gasteiger charge is -2.72. The van der Waals surface area contributed by atoms with Crippen molar-refractivity contribution >= 4 is 23.6 Å². The molecule has 58 heavy (non-hydrogen) atoms. The second-order valence-corrected chi connectivity index (χ2v) is 21.3. The quantitative estimate of drug-likeness (QED) is 0.173. The van der Waals surface area contributed by atoms with E-state index in [-0.39, 0.29) is 57.7 Å². The van der Waals surface area contributed by atoms with Gasteiger partial charge >= 0.3 is 11.9 Å². The number of likely N-dealkylation sites (N-methyl/N-ethyl adjacent to an activating group) is 1. The fraction of sp³-hybridized carbons (Fsp3) is 0.720. The Bertz CT molecular complexity index is 1890. The molecule has 0 saturated heterocycles. The molecule has 1 N–H and O–H groups in total. The van der Waals surface area contributed by atoms with Gasteiger partial charge < -0.3 is 19.5 Å². The Morgan fingerprint density at radius 3 is 2.22 bits per heavy atom. The number of carboxylic acids is 1. The van der Waals surface area contributed by atoms with Crippen LogP contribution in [0.2, 0.25) is 0 Å². The van der Waals surface area contributed by atoms with Gasteiger partial charge in [-0.2, -0.15) is 0 Å². The highest BCUT2D eigenvalue weighted by molar-refractivity contribution is 6.02. The molecule has 4 fully saturated rings. The first-order valence-corrected chi connectivity index (χ1v) is 22.3. The van der Waals surface area contributed by atoms with Crippen LogP contribution in [0.4, 0.5) is 0 Å². The third-order valence-electron chi connectivity index (χ3n) is 17.6. The highest BCUT2D eigenvalue weighted by atomic mass is 16.5. The van der Waals surface area contributed by atoms with Crippen molar-refractivity contribution in [3.05, 3.63) is 58.1 Å². The topological polar surface area (TPSA) is 110 Å². The zero-order valence-electron chi connectivity index (χ0n) is 38.0. The van der Waals surface area contributed by atoms with Crippen molar-refractivity contribution in [2.24, 2.45) is 56.2 Å². The van der Waals surface area contributed by atoms with Crippen molar-refractivity contribution in [1.82, 2.24) is 4.90 Å². The molecule has 4 saturated carbocycles. The maximum atomic E-state index is 14.6. The van der Waals surface area contributed by atoms with Crippen molar-refractivity contribution in [2.75, 3.05) is 13.7 Å². The highest BCUT2D eigenvalue weighted by Crippen LogP contribution is 2.77. The van der Waals surface area contributed by atoms with Gasteiger partial charge in [-0.15, -0.1) is 0 Å². The van der Waals surface area contributed by atoms with Crippen molar-refractivity contribution in [1.29, 1.82) is 0 Å². The second-order valence-electron chi connectivity index (χ2n) is 21.3. The molecular formula is C50H73NO7. The van der Waals surface area contributed by atoms with Crippen LogP contribution < -0.4 is 0 Å². The van der Waals surface area contributed by atoms with Crippen LogP contribution in [0.1, 0.15) is 154 Å². The number of aliphatic carboxylic acids is 1. The van der Waals surface area contributed by atoms with E-state index in [1.54, 1.807) is 21.0 Å². The van der Waals surface area contributed by atoms with Gasteiger partial charge in [-0.1, -0.05) is 60.1 Å². The van der Waals surface area contributed by atoms with Gasteiger partial charge in [-0.3, -0.25) is 19.2 Å². The molecule has 0 spiro atoms. The largest absolute Gasteiger partial charge is 0.497 e. The zero-order chi connectivity index (χ0) is 43.0. The molecule has 6 aliphatic rings. The van der Waals surface area contributed by atoms with Crippen LogP contribution in [0.25, 0.3) is 0 Å². The van der Waals surface area contributed by atoms with E-state index in [9.17, 15) is 24.3 Å². The SMILES string of the molecule is CCN(C(=O)C(C)=C(C)C12CCC3(C)C(CCC4C5(C)CCC(OC(=O)CC(C)(C)C(=O)O)C(C)(C)C5CCC43C)C1=C(C(C)C)C(=O)C2)C1=CCC=C(OC)C=C1. The van der Waals surface area contributed by atoms with Crippen LogP contribution in [0.15, 0.2) is 58.1 Å². The predicted molar refractivity (Wildman–Crippen MR) is 228 cm³/mol. The number of carboxylic acid groups (broad SMARTS) is 1. The predicted octanol–water partition coefficient (Wildman–Crippen LogP) is 10.9. The van der Waals surface area contributed by atoms with Gasteiger partial charge in [0.05, 0.1) is 18.9 Å². The van der Waals surface area contributed by atoms with Gasteiger partial charge in [0.1, 0.15) is 11.9 Å². The first-order chi connectivity index (χ1) is 27.0. The number of nitrogens with zero attached hydrogens (tertiary/aromatic N) is 1. The number of Topliss-reactive ketones (excluding diaryl/α,β-unsaturated/α-hetero) is 1. The number of fused-ring (bicyclic) bond motifs is 7. The third-order valence-corrected chi connectivity index (χ3v) is 17.6. The molecule has 0 aromatic carbocycles. The van der Waals surface area contributed by atoms with Gasteiger partial charge in [0.2, 0.25) is 0 Å². The summed E-state index contributed by atoms with van der Waals surface area (Å²) in [5.41, 5.74) is 3.22. The molecular weight excluding hydrogens is 727 g/mol. The summed E-state index contributed by atoms with van der Waals surface area (Å²) in [4.78, 5) is 55.8. The Balaban J connectivity index is 1.33. The number of ketones is 1. The molecule has 320 valence electrons. The highest BCUT2D eigenvalue weighted by Gasteiger charge is 2.70. The monoisotopic (exact) mass is 800 g/mol. The molecule has 6 rings (SSSR count). The van der Waals surface area contributed by atoms with E-state index in [2.05, 4.69) is 61.5 Å². The number of carbonyl (C=O) groups excluding carboxylic acids is 3. The summed E-state index contributed by atoms with van der Waals surface area (Å²) >= 11 is 0. The van der Waals surface area contributed by atoms with Gasteiger partial charge in [0.15, 0.2) is 5.78 Å². The molecule has 0 aromatic rings. The summed E-state index contributed by atoms with van der Waals surface area (Å²) in [6.07, 6.45) is 16.6. The summed E-state index contributed by atoms with van der Waals surface area (Å²) in [5, 5.41) is 9.66. The van der Waals surface area contributed by atoms with E-state index in [1.807, 2.05) is 37.0 Å². The summed E-state index contributed by atoms with van der Waals surface area (Å²) in [6.45, 7) is 26.4. The average molecular weight is 800 g/mol. The number of ether oxygens (including phenoxy) is 2. The first-order valence-electron chi connectivity index (χ1n) is 22.3. The fourth-order valence-corrected chi connectivity index (χ4v) is 14.0. The summed E-state index contributed by atoms with van der Waals surface area (Å²) in [7, 11) is 1.66. The van der Waals surface area contributed by atoms with Gasteiger partial charge in [0, 0.05) is 35.1 Å². The number of hydrogen-bond donors (Lipinski definition) is 1. The summed E-state index contributed by atoms with van der Waals surface area (Å²) in [6, 6.07) is 0. The minimum atomic E-state index is -1.17. The van der Waals surface area contributed by atoms with Crippen LogP contribution in [-0.4, -0.2) is 53.4 Å². The number of esters is 1. The zero-order valence-corrected chi connectivity index (χ0v) is 38.0. The lowest BCUT2D eigenvalue weighted by Crippen LogP contribution is -2.65. The summed E-state index contributed by atoms with van der Waals surface area (Å²) < 4.78 is 11.7. The van der Waals surface area contributed by atoms with Gasteiger partial charge in [0.25, 0.3) is 5.91 Å². The molecule has 0 radical (unpaired) electrons. The van der Waals surface area contributed by atoms with E-state index in [1.165, 1.54) is 5.57 Å². The lowest BCUT2D eigenvalue weighted by atomic mass is 9.32. The number of rotatable bonds is 10. The van der Waals surface area contributed by atoms with E-state index in [4.69, 9.17) is 9.47 Å². The normalized spacial score (nSPS) is 36.0. The van der Waals surface area contributed by atoms with Crippen molar-refractivity contribution in [3.8, 4) is 0 Å². The molecule has 8 heteroatoms. The van der Waals surface area contributed by atoms with Crippen LogP contribution in [0.3, 0.4) is 0 Å². The van der Waals surface area contributed by atoms with Crippen LogP contribution >= 0.6 is 0 Å². The Hall–Kier alpha value is -3.42. The molecule has 8 atom stereocenters. The smallest absolute Gasteiger partial charge is 0.309 e. The molecule has 0 aliphatic heterocycles. The van der Waals surface area contributed by atoms with Crippen LogP contribution in [0, 0.1) is 56.2 Å². The Kier molecular flexibility index (Phi) is 11.6. The van der Waals surface area contributed by atoms with E-state index < -0.39 is 22.8 Å². The molecule has 1 amide bonds. The number of carbonyl (C=O) groups is 4. The number of methoxy groups -OCH3 is 1. The van der Waals surface area contributed by atoms with Crippen molar-refractivity contribution in [2.45, 2.75) is 160 Å². The maximum Gasteiger partial charge on any atom is 0.309 e. The van der Waals surface area contributed by atoms with E-state index >= 15 is 0 Å². The molecule has 8 unspecified atom stereocenters. The fourth-order valence-electron chi connectivity index (χ4n) is 14.0. The molecule has 0 heterocycles. The number of amides is 1. The second kappa shape index (κ2) is 15.2. The molecule has 6 aliphatic carbocycles. The first kappa shape index (κ1) is 44.1. The minimum Gasteiger partial charge on any atom is -0.497 e. The van der Waals surface area contributed by atoms with Gasteiger partial charge in [-0.25, -0.2) is 0 Å². The van der Waals surface area contributed by atoms with Gasteiger partial charge in [-0.05, 0) is 162 Å². The average Bonchev–Trinajstić information content (AvgIpc) is 3.27. The van der Waals surface area contributed by atoms with E-state index in [0.717, 1.165) is 79.5 Å². The third kappa shape index (κ3) is 6.69. The Labute approximate surface area is 349 Å². The standard InChI is InChI=1S/C50H73NO7/c1-14-51(33-16-15-17-34(57-13)19-18-33)43(54)31(4)32(5)50-27-26-48(11)35(42(50)41(30(2)3)36(52)28-50)20-21-38-47(10)24-23-39(58-40(53)29-45(6,7)44(55)56)46(8,9)37(47)22-25-49(38,48)12/h16-19,30,35,37-39H,14-15,20-29H2,1-13H3,(H,55,56).